The number of ketones is 1. The third-order valence-electron chi connectivity index (χ3n) is 5.91. The van der Waals surface area contributed by atoms with Crippen LogP contribution in [0.5, 0.6) is 5.75 Å². The smallest absolute Gasteiger partial charge is 0.295 e. The predicted molar refractivity (Wildman–Crippen MR) is 130 cm³/mol. The van der Waals surface area contributed by atoms with Gasteiger partial charge in [0.1, 0.15) is 11.5 Å². The molecule has 1 saturated heterocycles. The second-order valence-corrected chi connectivity index (χ2v) is 8.37. The van der Waals surface area contributed by atoms with E-state index in [0.29, 0.717) is 36.5 Å². The summed E-state index contributed by atoms with van der Waals surface area (Å²) in [6.07, 6.45) is 2.41. The molecule has 1 fully saturated rings. The van der Waals surface area contributed by atoms with Crippen molar-refractivity contribution in [2.24, 2.45) is 0 Å². The number of ether oxygens (including phenoxy) is 2. The van der Waals surface area contributed by atoms with Crippen LogP contribution in [-0.2, 0) is 14.3 Å². The van der Waals surface area contributed by atoms with E-state index in [1.54, 1.807) is 25.3 Å². The highest BCUT2D eigenvalue weighted by Crippen LogP contribution is 2.40. The van der Waals surface area contributed by atoms with E-state index in [-0.39, 0.29) is 23.6 Å². The molecule has 9 heteroatoms. The van der Waals surface area contributed by atoms with Crippen LogP contribution >= 0.6 is 0 Å². The van der Waals surface area contributed by atoms with Gasteiger partial charge in [-0.2, -0.15) is 0 Å². The number of nitro groups is 1. The van der Waals surface area contributed by atoms with Crippen LogP contribution in [0.15, 0.2) is 48.0 Å². The number of unbranched alkanes of at least 4 members (excludes halogenated alkanes) is 1. The summed E-state index contributed by atoms with van der Waals surface area (Å²) in [5.41, 5.74) is 1.49. The molecule has 9 nitrogen and oxygen atoms in total. The maximum absolute atomic E-state index is 13.1. The van der Waals surface area contributed by atoms with Gasteiger partial charge in [0.2, 0.25) is 0 Å². The van der Waals surface area contributed by atoms with Crippen LogP contribution in [0.1, 0.15) is 48.9 Å². The molecule has 0 aliphatic carbocycles. The molecule has 3 rings (SSSR count). The van der Waals surface area contributed by atoms with Gasteiger partial charge in [-0.1, -0.05) is 13.3 Å². The normalized spacial score (nSPS) is 17.1. The Morgan fingerprint density at radius 1 is 1.11 bits per heavy atom. The summed E-state index contributed by atoms with van der Waals surface area (Å²) in [6.45, 7) is 5.10. The molecule has 1 aliphatic rings. The van der Waals surface area contributed by atoms with Crippen molar-refractivity contribution in [2.45, 2.75) is 39.2 Å². The zero-order valence-corrected chi connectivity index (χ0v) is 20.2. The van der Waals surface area contributed by atoms with Crippen molar-refractivity contribution in [3.05, 3.63) is 74.8 Å². The summed E-state index contributed by atoms with van der Waals surface area (Å²) in [4.78, 5) is 38.0. The number of hydrogen-bond acceptors (Lipinski definition) is 7. The van der Waals surface area contributed by atoms with Crippen LogP contribution in [0.4, 0.5) is 5.69 Å². The molecule has 1 unspecified atom stereocenters. The van der Waals surface area contributed by atoms with Gasteiger partial charge in [-0.25, -0.2) is 0 Å². The summed E-state index contributed by atoms with van der Waals surface area (Å²) in [5.74, 6) is -1.16. The van der Waals surface area contributed by atoms with E-state index < -0.39 is 22.7 Å². The fourth-order valence-electron chi connectivity index (χ4n) is 4.06. The number of aryl methyl sites for hydroxylation is 1. The predicted octanol–water partition coefficient (Wildman–Crippen LogP) is 4.54. The molecule has 1 heterocycles. The van der Waals surface area contributed by atoms with E-state index in [1.165, 1.54) is 29.2 Å². The van der Waals surface area contributed by atoms with E-state index >= 15 is 0 Å². The number of carbonyl (C=O) groups is 2. The van der Waals surface area contributed by atoms with Crippen LogP contribution in [0, 0.1) is 17.0 Å². The lowest BCUT2D eigenvalue weighted by atomic mass is 9.94. The highest BCUT2D eigenvalue weighted by Gasteiger charge is 2.45. The summed E-state index contributed by atoms with van der Waals surface area (Å²) in [7, 11) is 1.54. The van der Waals surface area contributed by atoms with Gasteiger partial charge in [0.15, 0.2) is 0 Å². The molecule has 2 aromatic carbocycles. The average molecular weight is 483 g/mol. The number of Topliss-reactive ketones (excluding diaryl/α,β-unsaturated/α-hetero) is 1. The number of nitrogens with zero attached hydrogens (tertiary/aromatic N) is 2. The molecule has 186 valence electrons. The SMILES string of the molecule is CCCCOc1ccc(/C(O)=C2\C(=O)C(=O)N(CCCOC)C2c2ccc([N+](=O)[O-])cc2)cc1C. The van der Waals surface area contributed by atoms with Crippen LogP contribution in [0.3, 0.4) is 0 Å². The van der Waals surface area contributed by atoms with Crippen molar-refractivity contribution < 1.29 is 29.1 Å². The van der Waals surface area contributed by atoms with Crippen molar-refractivity contribution in [2.75, 3.05) is 26.9 Å². The minimum Gasteiger partial charge on any atom is -0.507 e. The van der Waals surface area contributed by atoms with Gasteiger partial charge < -0.3 is 19.5 Å². The summed E-state index contributed by atoms with van der Waals surface area (Å²) < 4.78 is 10.9. The number of methoxy groups -OCH3 is 1. The Labute approximate surface area is 204 Å². The van der Waals surface area contributed by atoms with E-state index in [0.717, 1.165) is 18.4 Å². The summed E-state index contributed by atoms with van der Waals surface area (Å²) in [6, 6.07) is 9.84. The first-order chi connectivity index (χ1) is 16.8. The standard InChI is InChI=1S/C26H30N2O7/c1-4-5-15-35-21-12-9-19(16-17(21)2)24(29)22-23(18-7-10-20(11-8-18)28(32)33)27(13-6-14-34-3)26(31)25(22)30/h7-12,16,23,29H,4-6,13-15H2,1-3H3/b24-22+. The molecule has 2 aromatic rings. The number of carbonyl (C=O) groups excluding carboxylic acids is 2. The molecular formula is C26H30N2O7. The van der Waals surface area contributed by atoms with Crippen molar-refractivity contribution in [3.63, 3.8) is 0 Å². The first-order valence-corrected chi connectivity index (χ1v) is 11.6. The first kappa shape index (κ1) is 25.9. The fourth-order valence-corrected chi connectivity index (χ4v) is 4.06. The second-order valence-electron chi connectivity index (χ2n) is 8.37. The number of hydrogen-bond donors (Lipinski definition) is 1. The van der Waals surface area contributed by atoms with E-state index in [9.17, 15) is 24.8 Å². The molecule has 0 aromatic heterocycles. The third kappa shape index (κ3) is 5.68. The molecule has 1 atom stereocenters. The Bertz CT molecular complexity index is 1130. The minimum atomic E-state index is -0.881. The number of non-ortho nitro benzene ring substituents is 1. The zero-order chi connectivity index (χ0) is 25.5. The zero-order valence-electron chi connectivity index (χ0n) is 20.2. The van der Waals surface area contributed by atoms with Crippen LogP contribution in [0.2, 0.25) is 0 Å². The molecule has 0 spiro atoms. The van der Waals surface area contributed by atoms with Gasteiger partial charge in [0.25, 0.3) is 17.4 Å². The Morgan fingerprint density at radius 2 is 1.83 bits per heavy atom. The van der Waals surface area contributed by atoms with Crippen LogP contribution in [-0.4, -0.2) is 53.5 Å². The average Bonchev–Trinajstić information content (AvgIpc) is 3.10. The minimum absolute atomic E-state index is 0.0553. The molecule has 1 aliphatic heterocycles. The molecule has 35 heavy (non-hydrogen) atoms. The van der Waals surface area contributed by atoms with Gasteiger partial charge in [-0.05, 0) is 61.2 Å². The maximum atomic E-state index is 13.1. The molecule has 0 saturated carbocycles. The lowest BCUT2D eigenvalue weighted by Gasteiger charge is -2.25. The third-order valence-corrected chi connectivity index (χ3v) is 5.91. The number of aliphatic hydroxyl groups excluding tert-OH is 1. The maximum Gasteiger partial charge on any atom is 0.295 e. The number of nitro benzene ring substituents is 1. The molecule has 0 radical (unpaired) electrons. The first-order valence-electron chi connectivity index (χ1n) is 11.6. The van der Waals surface area contributed by atoms with Crippen LogP contribution in [0.25, 0.3) is 5.76 Å². The number of rotatable bonds is 11. The molecular weight excluding hydrogens is 452 g/mol. The Hall–Kier alpha value is -3.72. The highest BCUT2D eigenvalue weighted by atomic mass is 16.6. The number of amides is 1. The van der Waals surface area contributed by atoms with Crippen molar-refractivity contribution >= 4 is 23.1 Å². The molecule has 1 N–H and O–H groups in total. The van der Waals surface area contributed by atoms with Gasteiger partial charge in [0, 0.05) is 38.0 Å². The Kier molecular flexibility index (Phi) is 8.59. The number of benzene rings is 2. The van der Waals surface area contributed by atoms with Gasteiger partial charge >= 0.3 is 0 Å². The molecule has 0 bridgehead atoms. The largest absolute Gasteiger partial charge is 0.507 e. The van der Waals surface area contributed by atoms with Gasteiger partial charge in [-0.15, -0.1) is 0 Å². The monoisotopic (exact) mass is 482 g/mol. The van der Waals surface area contributed by atoms with Gasteiger partial charge in [-0.3, -0.25) is 19.7 Å². The lowest BCUT2D eigenvalue weighted by molar-refractivity contribution is -0.384. The number of aliphatic hydroxyl groups is 1. The summed E-state index contributed by atoms with van der Waals surface area (Å²) in [5, 5.41) is 22.3. The lowest BCUT2D eigenvalue weighted by Crippen LogP contribution is -2.31. The van der Waals surface area contributed by atoms with Crippen molar-refractivity contribution in [3.8, 4) is 5.75 Å². The Morgan fingerprint density at radius 3 is 2.43 bits per heavy atom. The summed E-state index contributed by atoms with van der Waals surface area (Å²) >= 11 is 0. The quantitative estimate of drug-likeness (QED) is 0.125. The molecule has 1 amide bonds. The van der Waals surface area contributed by atoms with Crippen molar-refractivity contribution in [1.29, 1.82) is 0 Å². The Balaban J connectivity index is 2.05. The van der Waals surface area contributed by atoms with E-state index in [2.05, 4.69) is 6.92 Å². The van der Waals surface area contributed by atoms with Crippen molar-refractivity contribution in [1.82, 2.24) is 4.90 Å². The van der Waals surface area contributed by atoms with E-state index in [4.69, 9.17) is 9.47 Å². The fraction of sp³-hybridized carbons (Fsp3) is 0.385. The van der Waals surface area contributed by atoms with Gasteiger partial charge in [0.05, 0.1) is 23.1 Å². The highest BCUT2D eigenvalue weighted by molar-refractivity contribution is 6.46. The van der Waals surface area contributed by atoms with Crippen LogP contribution < -0.4 is 4.74 Å². The number of likely N-dealkylation sites (tertiary alicyclic amines) is 1. The topological polar surface area (TPSA) is 119 Å². The second kappa shape index (κ2) is 11.6. The van der Waals surface area contributed by atoms with E-state index in [1.807, 2.05) is 6.92 Å².